The average Bonchev–Trinajstić information content (AvgIpc) is 3.05. The normalized spacial score (nSPS) is 13.4. The predicted molar refractivity (Wildman–Crippen MR) is 115 cm³/mol. The Morgan fingerprint density at radius 1 is 1.10 bits per heavy atom. The number of likely N-dealkylation sites (tertiary alicyclic amines) is 1. The first kappa shape index (κ1) is 21.4. The Morgan fingerprint density at radius 2 is 1.77 bits per heavy atom. The maximum absolute atomic E-state index is 12.2. The zero-order valence-corrected chi connectivity index (χ0v) is 17.3. The molecule has 1 fully saturated rings. The molecule has 8 nitrogen and oxygen atoms in total. The highest BCUT2D eigenvalue weighted by molar-refractivity contribution is 7.99. The molecule has 0 bridgehead atoms. The van der Waals surface area contributed by atoms with E-state index >= 15 is 0 Å². The van der Waals surface area contributed by atoms with Gasteiger partial charge in [-0.25, -0.2) is 9.79 Å². The molecule has 0 atom stereocenters. The van der Waals surface area contributed by atoms with E-state index in [1.807, 2.05) is 24.3 Å². The maximum atomic E-state index is 12.2. The number of guanidine groups is 1. The number of benzene rings is 2. The second-order valence-electron chi connectivity index (χ2n) is 6.57. The third-order valence-corrected chi connectivity index (χ3v) is 5.56. The van der Waals surface area contributed by atoms with E-state index in [1.54, 1.807) is 30.0 Å². The standard InChI is InChI=1S/C21H22N4O4S/c1-29-20(28)16-7-4-14(24-21(22)23)12-17(16)13-2-5-15(6-3-13)30-11-10-25-18(26)8-9-19(25)27/h2-7,12H,8-11H2,1H3,(H4,22,23,24). The zero-order valence-electron chi connectivity index (χ0n) is 16.5. The van der Waals surface area contributed by atoms with Crippen molar-refractivity contribution < 1.29 is 19.1 Å². The van der Waals surface area contributed by atoms with Crippen LogP contribution < -0.4 is 11.5 Å². The van der Waals surface area contributed by atoms with Gasteiger partial charge in [-0.05, 0) is 41.5 Å². The SMILES string of the molecule is COC(=O)c1ccc(N=C(N)N)cc1-c1ccc(SCCN2C(=O)CCC2=O)cc1. The van der Waals surface area contributed by atoms with Crippen LogP contribution >= 0.6 is 11.8 Å². The quantitative estimate of drug-likeness (QED) is 0.228. The summed E-state index contributed by atoms with van der Waals surface area (Å²) in [5.74, 6) is -0.128. The van der Waals surface area contributed by atoms with Gasteiger partial charge < -0.3 is 16.2 Å². The molecular formula is C21H22N4O4S. The molecule has 0 aliphatic carbocycles. The van der Waals surface area contributed by atoms with Gasteiger partial charge in [0.25, 0.3) is 0 Å². The van der Waals surface area contributed by atoms with Crippen LogP contribution in [0.25, 0.3) is 11.1 Å². The number of nitrogens with two attached hydrogens (primary N) is 2. The minimum Gasteiger partial charge on any atom is -0.465 e. The van der Waals surface area contributed by atoms with E-state index in [9.17, 15) is 14.4 Å². The van der Waals surface area contributed by atoms with Crippen molar-refractivity contribution >= 4 is 41.2 Å². The fourth-order valence-corrected chi connectivity index (χ4v) is 3.97. The summed E-state index contributed by atoms with van der Waals surface area (Å²) in [4.78, 5) is 41.8. The Labute approximate surface area is 178 Å². The molecule has 2 aromatic carbocycles. The molecule has 1 saturated heterocycles. The van der Waals surface area contributed by atoms with Crippen LogP contribution in [-0.4, -0.2) is 48.1 Å². The van der Waals surface area contributed by atoms with Gasteiger partial charge in [-0.1, -0.05) is 12.1 Å². The lowest BCUT2D eigenvalue weighted by atomic mass is 9.99. The van der Waals surface area contributed by atoms with Crippen LogP contribution in [0, 0.1) is 0 Å². The number of methoxy groups -OCH3 is 1. The van der Waals surface area contributed by atoms with Crippen LogP contribution in [0.15, 0.2) is 52.4 Å². The first-order valence-corrected chi connectivity index (χ1v) is 10.3. The lowest BCUT2D eigenvalue weighted by Crippen LogP contribution is -2.31. The number of esters is 1. The summed E-state index contributed by atoms with van der Waals surface area (Å²) < 4.78 is 4.87. The number of carbonyl (C=O) groups is 3. The van der Waals surface area contributed by atoms with E-state index in [4.69, 9.17) is 16.2 Å². The smallest absolute Gasteiger partial charge is 0.338 e. The predicted octanol–water partition coefficient (Wildman–Crippen LogP) is 2.29. The number of hydrogen-bond donors (Lipinski definition) is 2. The summed E-state index contributed by atoms with van der Waals surface area (Å²) in [5.41, 5.74) is 13.3. The monoisotopic (exact) mass is 426 g/mol. The van der Waals surface area contributed by atoms with E-state index in [0.717, 1.165) is 10.5 Å². The van der Waals surface area contributed by atoms with Gasteiger partial charge in [0, 0.05) is 30.0 Å². The highest BCUT2D eigenvalue weighted by Crippen LogP contribution is 2.31. The third kappa shape index (κ3) is 4.98. The van der Waals surface area contributed by atoms with Crippen molar-refractivity contribution in [2.75, 3.05) is 19.4 Å². The Morgan fingerprint density at radius 3 is 2.37 bits per heavy atom. The van der Waals surface area contributed by atoms with Crippen LogP contribution in [0.5, 0.6) is 0 Å². The molecule has 4 N–H and O–H groups in total. The van der Waals surface area contributed by atoms with Crippen molar-refractivity contribution in [2.45, 2.75) is 17.7 Å². The van der Waals surface area contributed by atoms with Crippen LogP contribution in [0.1, 0.15) is 23.2 Å². The minimum atomic E-state index is -0.459. The van der Waals surface area contributed by atoms with E-state index in [0.29, 0.717) is 42.0 Å². The first-order chi connectivity index (χ1) is 14.4. The largest absolute Gasteiger partial charge is 0.465 e. The van der Waals surface area contributed by atoms with E-state index in [-0.39, 0.29) is 17.8 Å². The Balaban J connectivity index is 1.76. The highest BCUT2D eigenvalue weighted by atomic mass is 32.2. The van der Waals surface area contributed by atoms with Crippen molar-refractivity contribution in [1.82, 2.24) is 4.90 Å². The lowest BCUT2D eigenvalue weighted by molar-refractivity contribution is -0.137. The molecule has 156 valence electrons. The number of hydrogen-bond acceptors (Lipinski definition) is 6. The first-order valence-electron chi connectivity index (χ1n) is 9.27. The second kappa shape index (κ2) is 9.45. The van der Waals surface area contributed by atoms with Crippen LogP contribution in [0.2, 0.25) is 0 Å². The number of rotatable bonds is 7. The number of imide groups is 1. The summed E-state index contributed by atoms with van der Waals surface area (Å²) in [7, 11) is 1.33. The number of nitrogens with zero attached hydrogens (tertiary/aromatic N) is 2. The van der Waals surface area contributed by atoms with E-state index in [1.165, 1.54) is 12.0 Å². The average molecular weight is 426 g/mol. The highest BCUT2D eigenvalue weighted by Gasteiger charge is 2.28. The van der Waals surface area contributed by atoms with Crippen molar-refractivity contribution in [3.63, 3.8) is 0 Å². The Kier molecular flexibility index (Phi) is 6.73. The molecule has 1 heterocycles. The van der Waals surface area contributed by atoms with Gasteiger partial charge in [-0.2, -0.15) is 0 Å². The van der Waals surface area contributed by atoms with Crippen molar-refractivity contribution in [2.24, 2.45) is 16.5 Å². The molecule has 0 radical (unpaired) electrons. The van der Waals surface area contributed by atoms with Gasteiger partial charge in [0.15, 0.2) is 5.96 Å². The maximum Gasteiger partial charge on any atom is 0.338 e. The van der Waals surface area contributed by atoms with E-state index in [2.05, 4.69) is 4.99 Å². The summed E-state index contributed by atoms with van der Waals surface area (Å²) in [5, 5.41) is 0. The Hall–Kier alpha value is -3.33. The molecule has 0 spiro atoms. The third-order valence-electron chi connectivity index (χ3n) is 4.57. The molecule has 1 aliphatic heterocycles. The van der Waals surface area contributed by atoms with Gasteiger partial charge in [0.2, 0.25) is 11.8 Å². The fourth-order valence-electron chi connectivity index (χ4n) is 3.14. The number of carbonyl (C=O) groups excluding carboxylic acids is 3. The lowest BCUT2D eigenvalue weighted by Gasteiger charge is -2.13. The van der Waals surface area contributed by atoms with Gasteiger partial charge >= 0.3 is 5.97 Å². The molecule has 1 aliphatic rings. The number of ether oxygens (including phenoxy) is 1. The summed E-state index contributed by atoms with van der Waals surface area (Å²) in [6.45, 7) is 0.400. The molecule has 0 aromatic heterocycles. The molecule has 30 heavy (non-hydrogen) atoms. The number of thioether (sulfide) groups is 1. The number of amides is 2. The van der Waals surface area contributed by atoms with Gasteiger partial charge in [0.05, 0.1) is 18.4 Å². The molecule has 3 rings (SSSR count). The summed E-state index contributed by atoms with van der Waals surface area (Å²) in [6.07, 6.45) is 0.610. The van der Waals surface area contributed by atoms with Crippen LogP contribution in [-0.2, 0) is 14.3 Å². The molecule has 2 amide bonds. The molecular weight excluding hydrogens is 404 g/mol. The Bertz CT molecular complexity index is 985. The molecule has 0 unspecified atom stereocenters. The number of aliphatic imine (C=N–C) groups is 1. The summed E-state index contributed by atoms with van der Waals surface area (Å²) >= 11 is 1.55. The van der Waals surface area contributed by atoms with Crippen LogP contribution in [0.3, 0.4) is 0 Å². The second-order valence-corrected chi connectivity index (χ2v) is 7.74. The fraction of sp³-hybridized carbons (Fsp3) is 0.238. The zero-order chi connectivity index (χ0) is 21.7. The summed E-state index contributed by atoms with van der Waals surface area (Å²) in [6, 6.07) is 12.6. The molecule has 9 heteroatoms. The van der Waals surface area contributed by atoms with Crippen molar-refractivity contribution in [1.29, 1.82) is 0 Å². The molecule has 0 saturated carbocycles. The molecule has 2 aromatic rings. The minimum absolute atomic E-state index is 0.0755. The van der Waals surface area contributed by atoms with Gasteiger partial charge in [0.1, 0.15) is 0 Å². The van der Waals surface area contributed by atoms with Crippen molar-refractivity contribution in [3.05, 3.63) is 48.0 Å². The van der Waals surface area contributed by atoms with Gasteiger partial charge in [-0.15, -0.1) is 11.8 Å². The topological polar surface area (TPSA) is 128 Å². The van der Waals surface area contributed by atoms with Gasteiger partial charge in [-0.3, -0.25) is 14.5 Å². The van der Waals surface area contributed by atoms with Crippen LogP contribution in [0.4, 0.5) is 5.69 Å². The van der Waals surface area contributed by atoms with Crippen molar-refractivity contribution in [3.8, 4) is 11.1 Å². The van der Waals surface area contributed by atoms with E-state index < -0.39 is 5.97 Å².